The number of carboxylic acid groups (broad SMARTS) is 1. The minimum absolute atomic E-state index is 0.244. The van der Waals surface area contributed by atoms with Crippen LogP contribution in [0.3, 0.4) is 0 Å². The van der Waals surface area contributed by atoms with E-state index in [0.717, 1.165) is 5.01 Å². The summed E-state index contributed by atoms with van der Waals surface area (Å²) in [7, 11) is 0. The standard InChI is InChI=1S/C9H22N4O5/c10-11-13(7-16)8(9(17)18)3-1-2-4-12(5-14)6-15/h8,11,14-16H,1-7,10H2,(H,17,18)/t8-/m0/s1. The molecular weight excluding hydrogens is 244 g/mol. The van der Waals surface area contributed by atoms with Crippen molar-refractivity contribution in [3.8, 4) is 0 Å². The van der Waals surface area contributed by atoms with Gasteiger partial charge in [0.25, 0.3) is 0 Å². The van der Waals surface area contributed by atoms with E-state index in [-0.39, 0.29) is 13.5 Å². The number of aliphatic hydroxyl groups excluding tert-OH is 3. The summed E-state index contributed by atoms with van der Waals surface area (Å²) < 4.78 is 0. The average Bonchev–Trinajstić information content (AvgIpc) is 2.37. The molecule has 0 saturated heterocycles. The fraction of sp³-hybridized carbons (Fsp3) is 0.889. The molecule has 1 atom stereocenters. The van der Waals surface area contributed by atoms with Crippen LogP contribution in [0.1, 0.15) is 19.3 Å². The van der Waals surface area contributed by atoms with Gasteiger partial charge in [0, 0.05) is 6.54 Å². The van der Waals surface area contributed by atoms with Crippen LogP contribution >= 0.6 is 0 Å². The van der Waals surface area contributed by atoms with E-state index in [9.17, 15) is 4.79 Å². The highest BCUT2D eigenvalue weighted by molar-refractivity contribution is 5.73. The van der Waals surface area contributed by atoms with Crippen molar-refractivity contribution in [3.05, 3.63) is 0 Å². The lowest BCUT2D eigenvalue weighted by atomic mass is 10.1. The molecular formula is C9H22N4O5. The van der Waals surface area contributed by atoms with Gasteiger partial charge in [-0.25, -0.2) is 0 Å². The molecule has 0 rings (SSSR count). The number of carboxylic acids is 1. The molecule has 0 unspecified atom stereocenters. The number of aliphatic hydroxyl groups is 3. The highest BCUT2D eigenvalue weighted by atomic mass is 16.4. The molecule has 0 bridgehead atoms. The Labute approximate surface area is 105 Å². The summed E-state index contributed by atoms with van der Waals surface area (Å²) in [6.07, 6.45) is 1.48. The van der Waals surface area contributed by atoms with Gasteiger partial charge in [-0.15, -0.1) is 0 Å². The molecule has 108 valence electrons. The number of hydrogen-bond acceptors (Lipinski definition) is 8. The molecule has 0 saturated carbocycles. The van der Waals surface area contributed by atoms with E-state index in [2.05, 4.69) is 5.53 Å². The van der Waals surface area contributed by atoms with Crippen molar-refractivity contribution in [1.82, 2.24) is 15.4 Å². The number of hydrazine groups is 2. The van der Waals surface area contributed by atoms with Crippen LogP contribution in [0.15, 0.2) is 0 Å². The lowest BCUT2D eigenvalue weighted by molar-refractivity contribution is -0.147. The third-order valence-corrected chi connectivity index (χ3v) is 2.58. The van der Waals surface area contributed by atoms with E-state index in [1.54, 1.807) is 0 Å². The van der Waals surface area contributed by atoms with Crippen LogP contribution in [-0.4, -0.2) is 69.1 Å². The van der Waals surface area contributed by atoms with Crippen molar-refractivity contribution in [1.29, 1.82) is 0 Å². The summed E-state index contributed by atoms with van der Waals surface area (Å²) in [5.41, 5.74) is 2.12. The number of nitrogens with two attached hydrogens (primary N) is 1. The van der Waals surface area contributed by atoms with Crippen LogP contribution in [0.4, 0.5) is 0 Å². The van der Waals surface area contributed by atoms with E-state index in [0.29, 0.717) is 25.8 Å². The van der Waals surface area contributed by atoms with Crippen LogP contribution in [0.25, 0.3) is 0 Å². The van der Waals surface area contributed by atoms with Gasteiger partial charge in [0.15, 0.2) is 0 Å². The summed E-state index contributed by atoms with van der Waals surface area (Å²) in [6, 6.07) is -0.920. The van der Waals surface area contributed by atoms with Crippen LogP contribution in [0, 0.1) is 0 Å². The average molecular weight is 266 g/mol. The van der Waals surface area contributed by atoms with Crippen molar-refractivity contribution in [2.24, 2.45) is 5.84 Å². The zero-order valence-corrected chi connectivity index (χ0v) is 10.2. The molecule has 0 fully saturated rings. The Morgan fingerprint density at radius 3 is 2.17 bits per heavy atom. The maximum absolute atomic E-state index is 11.0. The minimum atomic E-state index is -1.08. The summed E-state index contributed by atoms with van der Waals surface area (Å²) in [6.45, 7) is -0.528. The number of nitrogens with one attached hydrogen (secondary N) is 1. The first kappa shape index (κ1) is 17.2. The zero-order chi connectivity index (χ0) is 14.0. The molecule has 0 aliphatic carbocycles. The molecule has 0 aromatic heterocycles. The van der Waals surface area contributed by atoms with Gasteiger partial charge in [0.05, 0.1) is 13.5 Å². The summed E-state index contributed by atoms with van der Waals surface area (Å²) in [4.78, 5) is 12.4. The SMILES string of the molecule is NNN(CO)[C@@H](CCCCN(CO)CO)C(=O)O. The van der Waals surface area contributed by atoms with E-state index < -0.39 is 18.7 Å². The molecule has 0 heterocycles. The van der Waals surface area contributed by atoms with Crippen LogP contribution in [0.5, 0.6) is 0 Å². The number of nitrogens with zero attached hydrogens (tertiary/aromatic N) is 2. The van der Waals surface area contributed by atoms with Crippen molar-refractivity contribution in [3.63, 3.8) is 0 Å². The largest absolute Gasteiger partial charge is 0.480 e. The van der Waals surface area contributed by atoms with Gasteiger partial charge in [0.2, 0.25) is 0 Å². The maximum Gasteiger partial charge on any atom is 0.322 e. The molecule has 0 amide bonds. The van der Waals surface area contributed by atoms with Crippen molar-refractivity contribution >= 4 is 5.97 Å². The number of rotatable bonds is 11. The van der Waals surface area contributed by atoms with E-state index in [1.807, 2.05) is 0 Å². The fourth-order valence-electron chi connectivity index (χ4n) is 1.50. The molecule has 7 N–H and O–H groups in total. The molecule has 18 heavy (non-hydrogen) atoms. The Hall–Kier alpha value is -0.810. The lowest BCUT2D eigenvalue weighted by Gasteiger charge is -2.25. The van der Waals surface area contributed by atoms with Gasteiger partial charge >= 0.3 is 5.97 Å². The van der Waals surface area contributed by atoms with E-state index in [4.69, 9.17) is 26.3 Å². The predicted octanol–water partition coefficient (Wildman–Crippen LogP) is -2.56. The minimum Gasteiger partial charge on any atom is -0.480 e. The van der Waals surface area contributed by atoms with Gasteiger partial charge in [-0.3, -0.25) is 15.5 Å². The first-order valence-corrected chi connectivity index (χ1v) is 5.61. The van der Waals surface area contributed by atoms with Gasteiger partial charge in [-0.05, 0) is 19.3 Å². The first-order chi connectivity index (χ1) is 8.60. The van der Waals surface area contributed by atoms with Gasteiger partial charge < -0.3 is 20.4 Å². The lowest BCUT2D eigenvalue weighted by Crippen LogP contribution is -2.52. The van der Waals surface area contributed by atoms with E-state index in [1.165, 1.54) is 4.90 Å². The van der Waals surface area contributed by atoms with Gasteiger partial charge in [-0.2, -0.15) is 10.5 Å². The topological polar surface area (TPSA) is 143 Å². The first-order valence-electron chi connectivity index (χ1n) is 5.61. The second kappa shape index (κ2) is 10.1. The Balaban J connectivity index is 4.01. The monoisotopic (exact) mass is 266 g/mol. The smallest absolute Gasteiger partial charge is 0.322 e. The quantitative estimate of drug-likeness (QED) is 0.103. The zero-order valence-electron chi connectivity index (χ0n) is 10.2. The molecule has 0 aliphatic rings. The van der Waals surface area contributed by atoms with Crippen molar-refractivity contribution < 1.29 is 25.2 Å². The maximum atomic E-state index is 11.0. The highest BCUT2D eigenvalue weighted by Gasteiger charge is 2.23. The Bertz CT molecular complexity index is 223. The van der Waals surface area contributed by atoms with Crippen molar-refractivity contribution in [2.45, 2.75) is 25.3 Å². The summed E-state index contributed by atoms with van der Waals surface area (Å²) in [5, 5.41) is 36.5. The van der Waals surface area contributed by atoms with E-state index >= 15 is 0 Å². The van der Waals surface area contributed by atoms with Crippen molar-refractivity contribution in [2.75, 3.05) is 26.7 Å². The molecule has 0 spiro atoms. The highest BCUT2D eigenvalue weighted by Crippen LogP contribution is 2.07. The number of aliphatic carboxylic acids is 1. The number of unbranched alkanes of at least 4 members (excludes halogenated alkanes) is 1. The second-order valence-electron chi connectivity index (χ2n) is 3.77. The third-order valence-electron chi connectivity index (χ3n) is 2.58. The second-order valence-corrected chi connectivity index (χ2v) is 3.77. The van der Waals surface area contributed by atoms with Gasteiger partial charge in [0.1, 0.15) is 12.8 Å². The van der Waals surface area contributed by atoms with Crippen LogP contribution < -0.4 is 11.4 Å². The summed E-state index contributed by atoms with van der Waals surface area (Å²) in [5.74, 6) is 4.02. The molecule has 9 heteroatoms. The fourth-order valence-corrected chi connectivity index (χ4v) is 1.50. The molecule has 0 aliphatic heterocycles. The summed E-state index contributed by atoms with van der Waals surface area (Å²) >= 11 is 0. The molecule has 9 nitrogen and oxygen atoms in total. The number of hydrogen-bond donors (Lipinski definition) is 6. The third kappa shape index (κ3) is 6.21. The molecule has 0 aromatic rings. The molecule has 0 aromatic carbocycles. The number of carbonyl (C=O) groups is 1. The predicted molar refractivity (Wildman–Crippen MR) is 62.4 cm³/mol. The Morgan fingerprint density at radius 1 is 1.17 bits per heavy atom. The normalized spacial score (nSPS) is 13.2. The Kier molecular flexibility index (Phi) is 9.69. The van der Waals surface area contributed by atoms with Crippen LogP contribution in [-0.2, 0) is 4.79 Å². The van der Waals surface area contributed by atoms with Crippen LogP contribution in [0.2, 0.25) is 0 Å². The van der Waals surface area contributed by atoms with Gasteiger partial charge in [-0.1, -0.05) is 0 Å². The molecule has 0 radical (unpaired) electrons. The Morgan fingerprint density at radius 2 is 1.78 bits per heavy atom.